The van der Waals surface area contributed by atoms with E-state index in [4.69, 9.17) is 0 Å². The zero-order chi connectivity index (χ0) is 20.1. The number of fused-ring (bicyclic) bond motifs is 3. The van der Waals surface area contributed by atoms with Gasteiger partial charge in [-0.15, -0.1) is 10.2 Å². The van der Waals surface area contributed by atoms with Gasteiger partial charge >= 0.3 is 0 Å². The van der Waals surface area contributed by atoms with Crippen LogP contribution in [-0.4, -0.2) is 55.8 Å². The first kappa shape index (κ1) is 17.6. The highest BCUT2D eigenvalue weighted by Crippen LogP contribution is 2.34. The van der Waals surface area contributed by atoms with Crippen LogP contribution in [0.3, 0.4) is 0 Å². The van der Waals surface area contributed by atoms with Crippen LogP contribution in [0.25, 0.3) is 33.3 Å². The van der Waals surface area contributed by atoms with Crippen LogP contribution in [0.5, 0.6) is 0 Å². The van der Waals surface area contributed by atoms with Crippen molar-refractivity contribution >= 4 is 16.7 Å². The first-order valence-electron chi connectivity index (χ1n) is 10.5. The van der Waals surface area contributed by atoms with E-state index < -0.39 is 0 Å². The molecular weight excluding hydrogens is 376 g/mol. The highest BCUT2D eigenvalue weighted by Gasteiger charge is 2.35. The zero-order valence-electron chi connectivity index (χ0n) is 16.8. The molecule has 2 aliphatic heterocycles. The van der Waals surface area contributed by atoms with E-state index in [1.54, 1.807) is 0 Å². The summed E-state index contributed by atoms with van der Waals surface area (Å²) in [5.41, 5.74) is 4.93. The lowest BCUT2D eigenvalue weighted by atomic mass is 9.98. The second kappa shape index (κ2) is 6.91. The number of nitrogens with zero attached hydrogens (tertiary/aromatic N) is 5. The van der Waals surface area contributed by atoms with E-state index in [0.717, 1.165) is 39.1 Å². The summed E-state index contributed by atoms with van der Waals surface area (Å²) >= 11 is 0. The minimum Gasteiger partial charge on any atom is -0.355 e. The third-order valence-corrected chi connectivity index (χ3v) is 6.71. The van der Waals surface area contributed by atoms with E-state index in [0.29, 0.717) is 18.1 Å². The molecule has 2 fully saturated rings. The van der Waals surface area contributed by atoms with Gasteiger partial charge < -0.3 is 10.2 Å². The summed E-state index contributed by atoms with van der Waals surface area (Å²) in [6, 6.07) is 10.2. The first-order valence-corrected chi connectivity index (χ1v) is 10.5. The summed E-state index contributed by atoms with van der Waals surface area (Å²) in [6.07, 6.45) is 10.5. The Hall–Kier alpha value is -3.26. The van der Waals surface area contributed by atoms with Crippen LogP contribution < -0.4 is 10.2 Å². The van der Waals surface area contributed by atoms with Crippen LogP contribution >= 0.6 is 0 Å². The van der Waals surface area contributed by atoms with Crippen LogP contribution in [-0.2, 0) is 0 Å². The number of hydrogen-bond acceptors (Lipinski definition) is 6. The van der Waals surface area contributed by atoms with Gasteiger partial charge in [-0.05, 0) is 37.8 Å². The number of rotatable bonds is 4. The molecule has 8 heteroatoms. The van der Waals surface area contributed by atoms with Crippen molar-refractivity contribution in [2.75, 3.05) is 11.9 Å². The van der Waals surface area contributed by atoms with E-state index in [1.165, 1.54) is 25.7 Å². The monoisotopic (exact) mass is 400 g/mol. The number of hydrogen-bond donors (Lipinski definition) is 3. The van der Waals surface area contributed by atoms with Crippen molar-refractivity contribution in [3.8, 4) is 22.4 Å². The summed E-state index contributed by atoms with van der Waals surface area (Å²) in [7, 11) is 2.15. The molecule has 6 rings (SSSR count). The van der Waals surface area contributed by atoms with Gasteiger partial charge in [0, 0.05) is 53.4 Å². The quantitative estimate of drug-likeness (QED) is 0.487. The molecule has 2 saturated heterocycles. The third-order valence-electron chi connectivity index (χ3n) is 6.71. The van der Waals surface area contributed by atoms with Gasteiger partial charge in [0.2, 0.25) is 0 Å². The molecule has 0 spiro atoms. The summed E-state index contributed by atoms with van der Waals surface area (Å²) in [4.78, 5) is 2.30. The fourth-order valence-electron chi connectivity index (χ4n) is 5.09. The topological polar surface area (TPSA) is 98.4 Å². The summed E-state index contributed by atoms with van der Waals surface area (Å²) in [5, 5.41) is 28.2. The van der Waals surface area contributed by atoms with Crippen molar-refractivity contribution in [3.63, 3.8) is 0 Å². The van der Waals surface area contributed by atoms with Crippen LogP contribution in [0.1, 0.15) is 25.7 Å². The molecule has 1 aromatic carbocycles. The Bertz CT molecular complexity index is 1150. The van der Waals surface area contributed by atoms with Crippen molar-refractivity contribution in [1.82, 2.24) is 35.9 Å². The molecule has 2 aliphatic rings. The van der Waals surface area contributed by atoms with E-state index in [9.17, 15) is 0 Å². The number of aromatic nitrogens is 6. The van der Waals surface area contributed by atoms with E-state index in [1.807, 2.05) is 18.6 Å². The second-order valence-corrected chi connectivity index (χ2v) is 8.46. The molecular formula is C22H24N8. The van der Waals surface area contributed by atoms with Crippen molar-refractivity contribution in [2.45, 2.75) is 43.8 Å². The van der Waals surface area contributed by atoms with Crippen LogP contribution in [0.2, 0.25) is 0 Å². The maximum atomic E-state index is 4.57. The van der Waals surface area contributed by atoms with E-state index >= 15 is 0 Å². The Morgan fingerprint density at radius 3 is 2.50 bits per heavy atom. The molecule has 3 aromatic heterocycles. The molecule has 3 N–H and O–H groups in total. The molecule has 2 bridgehead atoms. The fraction of sp³-hybridized carbons (Fsp3) is 0.364. The van der Waals surface area contributed by atoms with Gasteiger partial charge in [0.1, 0.15) is 0 Å². The van der Waals surface area contributed by atoms with Gasteiger partial charge in [0.25, 0.3) is 0 Å². The third kappa shape index (κ3) is 2.87. The Labute approximate surface area is 174 Å². The molecule has 0 aliphatic carbocycles. The molecule has 0 saturated carbocycles. The largest absolute Gasteiger partial charge is 0.355 e. The Morgan fingerprint density at radius 1 is 0.933 bits per heavy atom. The van der Waals surface area contributed by atoms with Crippen LogP contribution in [0.15, 0.2) is 42.9 Å². The predicted octanol–water partition coefficient (Wildman–Crippen LogP) is 3.13. The molecule has 0 amide bonds. The van der Waals surface area contributed by atoms with Gasteiger partial charge in [-0.3, -0.25) is 10.2 Å². The Kier molecular flexibility index (Phi) is 4.05. The zero-order valence-corrected chi connectivity index (χ0v) is 16.8. The van der Waals surface area contributed by atoms with Crippen molar-refractivity contribution in [3.05, 3.63) is 42.9 Å². The Morgan fingerprint density at radius 2 is 1.77 bits per heavy atom. The number of nitrogens with one attached hydrogen (secondary N) is 3. The molecule has 152 valence electrons. The summed E-state index contributed by atoms with van der Waals surface area (Å²) in [6.45, 7) is 0. The minimum absolute atomic E-state index is 0.527. The van der Waals surface area contributed by atoms with Gasteiger partial charge in [-0.1, -0.05) is 12.1 Å². The van der Waals surface area contributed by atoms with Crippen LogP contribution in [0, 0.1) is 0 Å². The van der Waals surface area contributed by atoms with Crippen molar-refractivity contribution < 1.29 is 0 Å². The lowest BCUT2D eigenvalue weighted by Crippen LogP contribution is -2.47. The lowest BCUT2D eigenvalue weighted by molar-refractivity contribution is 0.353. The average molecular weight is 400 g/mol. The van der Waals surface area contributed by atoms with E-state index in [-0.39, 0.29) is 0 Å². The van der Waals surface area contributed by atoms with Gasteiger partial charge in [-0.25, -0.2) is 0 Å². The SMILES string of the molecule is CN(c1ccc(-c2ccc(-c3cn[nH]c3)c3[nH]ncc23)nn1)C1CC2CCC(C1)N2. The maximum absolute atomic E-state index is 4.57. The van der Waals surface area contributed by atoms with Gasteiger partial charge in [-0.2, -0.15) is 10.2 Å². The summed E-state index contributed by atoms with van der Waals surface area (Å²) < 4.78 is 0. The molecule has 30 heavy (non-hydrogen) atoms. The molecule has 4 aromatic rings. The summed E-state index contributed by atoms with van der Waals surface area (Å²) in [5.74, 6) is 0.934. The number of piperidine rings is 1. The van der Waals surface area contributed by atoms with E-state index in [2.05, 4.69) is 72.1 Å². The predicted molar refractivity (Wildman–Crippen MR) is 116 cm³/mol. The lowest BCUT2D eigenvalue weighted by Gasteiger charge is -2.36. The minimum atomic E-state index is 0.527. The first-order chi connectivity index (χ1) is 14.8. The fourth-order valence-corrected chi connectivity index (χ4v) is 5.09. The van der Waals surface area contributed by atoms with Gasteiger partial charge in [0.05, 0.1) is 23.6 Å². The van der Waals surface area contributed by atoms with Gasteiger partial charge in [0.15, 0.2) is 5.82 Å². The number of benzene rings is 1. The standard InChI is InChI=1S/C22H24N8/c1-30(16-8-14-2-3-15(9-16)26-14)21-7-6-20(27-28-21)18-5-4-17(13-10-23-24-11-13)22-19(18)12-25-29-22/h4-7,10-12,14-16,26H,2-3,8-9H2,1H3,(H,23,24)(H,25,29). The Balaban J connectivity index is 1.30. The number of anilines is 1. The molecule has 0 radical (unpaired) electrons. The molecule has 2 atom stereocenters. The van der Waals surface area contributed by atoms with Crippen molar-refractivity contribution in [1.29, 1.82) is 0 Å². The highest BCUT2D eigenvalue weighted by atomic mass is 15.3. The maximum Gasteiger partial charge on any atom is 0.151 e. The highest BCUT2D eigenvalue weighted by molar-refractivity contribution is 6.01. The van der Waals surface area contributed by atoms with Crippen LogP contribution in [0.4, 0.5) is 5.82 Å². The molecule has 8 nitrogen and oxygen atoms in total. The van der Waals surface area contributed by atoms with Crippen molar-refractivity contribution in [2.24, 2.45) is 0 Å². The number of aromatic amines is 2. The second-order valence-electron chi connectivity index (χ2n) is 8.46. The normalized spacial score (nSPS) is 23.2. The molecule has 2 unspecified atom stereocenters. The number of H-pyrrole nitrogens is 2. The average Bonchev–Trinajstić information content (AvgIpc) is 3.54. The molecule has 5 heterocycles. The smallest absolute Gasteiger partial charge is 0.151 e.